The average Bonchev–Trinajstić information content (AvgIpc) is 1.61. The first-order valence-electron chi connectivity index (χ1n) is 47.7. The van der Waals surface area contributed by atoms with Crippen LogP contribution in [0.2, 0.25) is 0 Å². The van der Waals surface area contributed by atoms with Gasteiger partial charge in [-0.2, -0.15) is 48.5 Å². The number of hydrogen-bond acceptors (Lipinski definition) is 35. The monoisotopic (exact) mass is 2350 g/mol. The molecule has 40 nitrogen and oxygen atoms in total. The molecule has 150 heavy (non-hydrogen) atoms. The van der Waals surface area contributed by atoms with Crippen LogP contribution >= 0.6 is 61.1 Å². The van der Waals surface area contributed by atoms with E-state index in [0.29, 0.717) is 136 Å². The van der Waals surface area contributed by atoms with Crippen molar-refractivity contribution in [1.82, 2.24) is 99.7 Å². The van der Waals surface area contributed by atoms with Crippen LogP contribution in [0.1, 0.15) is 152 Å². The maximum Gasteiger partial charge on any atom is 1.00 e. The van der Waals surface area contributed by atoms with E-state index < -0.39 is 37.6 Å². The number of carbonyl (C=O) groups is 3. The molecule has 1 aliphatic carbocycles. The van der Waals surface area contributed by atoms with Gasteiger partial charge in [0.05, 0.1) is 73.7 Å². The summed E-state index contributed by atoms with van der Waals surface area (Å²) in [6, 6.07) is 42.6. The molecular formula is C101H114BBrF4I2N29NaO11. The number of aliphatic carboxylic acids is 1. The van der Waals surface area contributed by atoms with E-state index >= 15 is 0 Å². The number of anilines is 7. The van der Waals surface area contributed by atoms with Crippen molar-refractivity contribution in [2.24, 2.45) is 11.5 Å². The number of nitrogens with two attached hydrogens (primary N) is 9. The van der Waals surface area contributed by atoms with Crippen molar-refractivity contribution >= 4 is 210 Å². The Kier molecular flexibility index (Phi) is 36.8. The van der Waals surface area contributed by atoms with E-state index in [-0.39, 0.29) is 78.6 Å². The van der Waals surface area contributed by atoms with Gasteiger partial charge in [-0.25, -0.2) is 58.7 Å². The number of halogens is 7. The van der Waals surface area contributed by atoms with Crippen LogP contribution in [-0.2, 0) is 110 Å². The van der Waals surface area contributed by atoms with Crippen LogP contribution < -0.4 is 91.9 Å². The quantitative estimate of drug-likeness (QED) is 0.0125. The number of benzene rings is 7. The van der Waals surface area contributed by atoms with Gasteiger partial charge >= 0.3 is 60.8 Å². The second-order valence-electron chi connectivity index (χ2n) is 37.8. The number of nitrogens with zero attached hydrogens (tertiary/aromatic N) is 18. The number of aromatic nitrogens is 19. The summed E-state index contributed by atoms with van der Waals surface area (Å²) in [5.74, 6) is -1.55. The molecule has 0 unspecified atom stereocenters. The SMILES string of the molecule is CC(C)(C)OC(=O)Cc1ccc(CBr)cc1CCN.CC(C)(C)OC(=O)Cc1ccc(Cn2nc(-c3ccc4oc(N)nc4c3)c3c(N)ncnc32)cc1CCN.CC1(C)OB(c2ccc3oc(N)nc3c2)OC1(C)C.Nc1nc2cc(-c3nn(Cc4ccc5c(c4)CCNC5)c4ncnc(N)c34)ccc2o1.Nc1ncnc2c1c(I)nn2Cc1ccc2c(c1)CCCC2.Nc1ncnc2n[nH]c(I)c12.O=C(O)C(F)(F)F.[2H]CF.[H-].[Na+]. The Morgan fingerprint density at radius 2 is 0.920 bits per heavy atom. The number of nitrogens with one attached hydrogen (secondary N) is 2. The number of nitrogen functional groups attached to an aromatic ring is 7. The first-order valence-corrected chi connectivity index (χ1v) is 50.2. The number of carboxylic acids is 1. The Morgan fingerprint density at radius 1 is 0.520 bits per heavy atom. The van der Waals surface area contributed by atoms with Gasteiger partial charge in [-0.05, 0) is 300 Å². The number of aryl methyl sites for hydroxylation is 2. The number of carbonyl (C=O) groups excluding carboxylic acids is 2. The summed E-state index contributed by atoms with van der Waals surface area (Å²) >= 11 is 7.73. The third-order valence-corrected chi connectivity index (χ3v) is 26.3. The molecular weight excluding hydrogens is 2240 g/mol. The molecule has 3 aliphatic rings. The first-order chi connectivity index (χ1) is 71.3. The van der Waals surface area contributed by atoms with Crippen LogP contribution in [0.25, 0.3) is 99.9 Å². The van der Waals surface area contributed by atoms with E-state index in [1.54, 1.807) is 10.7 Å². The van der Waals surface area contributed by atoms with Crippen LogP contribution in [-0.4, -0.2) is 180 Å². The smallest absolute Gasteiger partial charge is 1.00 e. The number of carboxylic acid groups (broad SMARTS) is 1. The predicted octanol–water partition coefficient (Wildman–Crippen LogP) is 12.2. The molecule has 7 aromatic carbocycles. The van der Waals surface area contributed by atoms with E-state index in [1.807, 2.05) is 151 Å². The minimum absolute atomic E-state index is 0. The summed E-state index contributed by atoms with van der Waals surface area (Å²) in [6.07, 6.45) is 8.63. The number of rotatable bonds is 18. The Hall–Kier alpha value is -13.3. The molecule has 0 atom stereocenters. The van der Waals surface area contributed by atoms with E-state index in [0.717, 1.165) is 105 Å². The molecule has 0 spiro atoms. The molecule has 0 radical (unpaired) electrons. The molecule has 0 saturated carbocycles. The molecule has 21 rings (SSSR count). The maximum atomic E-state index is 12.4. The predicted molar refractivity (Wildman–Crippen MR) is 584 cm³/mol. The summed E-state index contributed by atoms with van der Waals surface area (Å²) in [5, 5.41) is 35.4. The van der Waals surface area contributed by atoms with Gasteiger partial charge in [0.1, 0.15) is 95.1 Å². The van der Waals surface area contributed by atoms with Crippen molar-refractivity contribution in [3.63, 3.8) is 0 Å². The van der Waals surface area contributed by atoms with Crippen molar-refractivity contribution in [3.05, 3.63) is 227 Å². The van der Waals surface area contributed by atoms with Crippen LogP contribution in [0.15, 0.2) is 166 Å². The normalized spacial score (nSPS) is 13.5. The topological polar surface area (TPSA) is 618 Å². The number of oxazole rings is 3. The zero-order valence-electron chi connectivity index (χ0n) is 86.2. The van der Waals surface area contributed by atoms with Gasteiger partial charge in [0, 0.05) is 23.0 Å². The first kappa shape index (κ1) is 112. The fourth-order valence-corrected chi connectivity index (χ4v) is 18.4. The van der Waals surface area contributed by atoms with Gasteiger partial charge in [0.25, 0.3) is 18.0 Å². The van der Waals surface area contributed by atoms with E-state index in [9.17, 15) is 27.2 Å². The molecule has 0 amide bonds. The zero-order valence-corrected chi connectivity index (χ0v) is 92.1. The fraction of sp³-hybridized carbons (Fsp3) is 0.327. The van der Waals surface area contributed by atoms with E-state index in [1.165, 1.54) is 89.9 Å². The molecule has 2 aliphatic heterocycles. The van der Waals surface area contributed by atoms with Crippen LogP contribution in [0, 0.1) is 7.40 Å². The van der Waals surface area contributed by atoms with Gasteiger partial charge < -0.3 is 95.5 Å². The number of hydrogen-bond donors (Lipinski definition) is 12. The number of esters is 2. The molecule has 21 N–H and O–H groups in total. The van der Waals surface area contributed by atoms with Crippen molar-refractivity contribution in [2.45, 2.75) is 187 Å². The second-order valence-corrected chi connectivity index (χ2v) is 40.4. The number of alkyl halides is 5. The van der Waals surface area contributed by atoms with Gasteiger partial charge in [0.2, 0.25) is 0 Å². The summed E-state index contributed by atoms with van der Waals surface area (Å²) < 4.78 is 93.4. The molecule has 13 heterocycles. The summed E-state index contributed by atoms with van der Waals surface area (Å²) in [5.41, 5.74) is 75.6. The zero-order chi connectivity index (χ0) is 108. The van der Waals surface area contributed by atoms with Crippen molar-refractivity contribution in [1.29, 1.82) is 0 Å². The Balaban J connectivity index is 0.000000163. The van der Waals surface area contributed by atoms with Gasteiger partial charge in [-0.1, -0.05) is 94.8 Å². The summed E-state index contributed by atoms with van der Waals surface area (Å²) in [6.45, 7) is 24.0. The number of aromatic amines is 1. The fourth-order valence-electron chi connectivity index (χ4n) is 16.7. The summed E-state index contributed by atoms with van der Waals surface area (Å²) in [7, 11) is -1.40. The van der Waals surface area contributed by atoms with Gasteiger partial charge in [-0.15, -0.1) is 0 Å². The molecule has 49 heteroatoms. The standard InChI is InChI=1S/C27H30N8O3.C22H20N8O.C16H16IN5.C15H22BrNO2.C13H17BN2O3.C5H4IN5.C2HF3O2.CH3F.Na.H/c1-27(2,3)38-21(36)12-16-5-4-15(10-17(16)8-9-28)13-35-25-22(24(29)31-14-32-25)23(34-35)18-6-7-20-19(11-18)33-26(30)37-20;23-20-18-19(14-3-4-17-16(8-14)28-22(24)31-17)29-30(21(18)27-11-26-20)10-12-1-2-15-9-25-6-5-13(15)7-12;17-14-13-15(18)19-9-20-16(13)22(21-14)8-10-5-6-11-3-1-2-4-12(11)7-10;1-15(2,3)19-14(18)9-12-5-4-11(10-16)8-13(12)6-7-17;1-12(2)13(3,4)19-14(18-12)8-5-6-10-9(7-8)16-11(15)17-10;6-3-2-4(7)8-1-9-5(2)11-10-3;3-2(4,5)1(6)7;1-2;;/h4-7,10-11,14H,8-9,12-13,28H2,1-3H3,(H2,30,33)(H2,29,31,32);1-4,7-8,11,25H,5-6,9-10H2,(H2,24,28)(H2,23,26,27);5-7,9H,1-4,8H2,(H2,18,19,20);4-5,8H,6-7,9-10,17H2,1-3H3;5-7H,1-4H3,(H2,15,16);1H,(H3,7,8,9,10,11);(H,6,7);1H3;;/q;;;;;;;;+1;-1/i;;;;;;;1D;;. The van der Waals surface area contributed by atoms with E-state index in [4.69, 9.17) is 105 Å². The number of ether oxygens (including phenoxy) is 2. The second kappa shape index (κ2) is 49.2. The Labute approximate surface area is 919 Å². The molecule has 1 saturated heterocycles. The van der Waals surface area contributed by atoms with E-state index in [2.05, 4.69) is 185 Å². The average molecular weight is 2350 g/mol. The molecule has 782 valence electrons. The van der Waals surface area contributed by atoms with Crippen molar-refractivity contribution < 1.29 is 101 Å². The third-order valence-electron chi connectivity index (χ3n) is 24.1. The van der Waals surface area contributed by atoms with Gasteiger partial charge in [-0.3, -0.25) is 19.1 Å². The van der Waals surface area contributed by atoms with Crippen LogP contribution in [0.4, 0.5) is 58.9 Å². The molecule has 1 fully saturated rings. The van der Waals surface area contributed by atoms with Gasteiger partial charge in [0.15, 0.2) is 39.3 Å². The van der Waals surface area contributed by atoms with Crippen molar-refractivity contribution in [2.75, 3.05) is 66.9 Å². The number of H-pyrrole nitrogens is 1. The van der Waals surface area contributed by atoms with Crippen molar-refractivity contribution in [3.8, 4) is 22.5 Å². The third kappa shape index (κ3) is 28.3. The Morgan fingerprint density at radius 3 is 1.38 bits per heavy atom. The largest absolute Gasteiger partial charge is 1.00 e. The summed E-state index contributed by atoms with van der Waals surface area (Å²) in [4.78, 5) is 79.3. The minimum Gasteiger partial charge on any atom is -1.00 e. The minimum atomic E-state index is -5.08. The number of fused-ring (bicyclic) bond motifs is 9. The van der Waals surface area contributed by atoms with Crippen LogP contribution in [0.5, 0.6) is 0 Å². The maximum absolute atomic E-state index is 12.4. The molecule has 18 aromatic rings. The Bertz CT molecular complexity index is 7910. The van der Waals surface area contributed by atoms with Crippen LogP contribution in [0.3, 0.4) is 0 Å². The molecule has 0 bridgehead atoms. The molecule has 11 aromatic heterocycles.